The number of unbranched alkanes of at least 4 members (excludes halogenated alkanes) is 1. The Kier molecular flexibility index (Phi) is 9.13. The van der Waals surface area contributed by atoms with Gasteiger partial charge in [-0.1, -0.05) is 20.8 Å². The van der Waals surface area contributed by atoms with Gasteiger partial charge in [0, 0.05) is 23.1 Å². The largest absolute Gasteiger partial charge is 0.375 e. The van der Waals surface area contributed by atoms with Gasteiger partial charge in [0.05, 0.1) is 5.60 Å². The van der Waals surface area contributed by atoms with Crippen molar-refractivity contribution in [1.29, 1.82) is 0 Å². The van der Waals surface area contributed by atoms with Gasteiger partial charge in [-0.25, -0.2) is 0 Å². The van der Waals surface area contributed by atoms with E-state index in [1.807, 2.05) is 20.8 Å². The molecule has 0 rings (SSSR count). The van der Waals surface area contributed by atoms with Crippen LogP contribution in [0, 0.1) is 5.41 Å². The second-order valence-electron chi connectivity index (χ2n) is 10.6. The highest BCUT2D eigenvalue weighted by molar-refractivity contribution is 5.81. The van der Waals surface area contributed by atoms with E-state index in [9.17, 15) is 4.79 Å². The maximum absolute atomic E-state index is 12.2. The van der Waals surface area contributed by atoms with Crippen molar-refractivity contribution in [3.63, 3.8) is 0 Å². The predicted molar refractivity (Wildman–Crippen MR) is 108 cm³/mol. The highest BCUT2D eigenvalue weighted by Crippen LogP contribution is 2.21. The van der Waals surface area contributed by atoms with Crippen LogP contribution in [-0.4, -0.2) is 35.7 Å². The Bertz CT molecular complexity index is 401. The van der Waals surface area contributed by atoms with Crippen molar-refractivity contribution in [3.05, 3.63) is 0 Å². The molecule has 0 aliphatic heterocycles. The minimum absolute atomic E-state index is 0.0862. The fourth-order valence-electron chi connectivity index (χ4n) is 2.35. The fraction of sp³-hybridized carbons (Fsp3) is 0.952. The molecule has 0 saturated carbocycles. The lowest BCUT2D eigenvalue weighted by atomic mass is 9.92. The van der Waals surface area contributed by atoms with Crippen molar-refractivity contribution >= 4 is 5.91 Å². The molecule has 0 bridgehead atoms. The molecule has 0 aliphatic rings. The normalized spacial score (nSPS) is 13.8. The van der Waals surface area contributed by atoms with Crippen LogP contribution >= 0.6 is 0 Å². The summed E-state index contributed by atoms with van der Waals surface area (Å²) in [7, 11) is 0. The van der Waals surface area contributed by atoms with Gasteiger partial charge in [-0.3, -0.25) is 4.79 Å². The van der Waals surface area contributed by atoms with Crippen molar-refractivity contribution in [2.24, 2.45) is 5.41 Å². The van der Waals surface area contributed by atoms with E-state index in [1.165, 1.54) is 0 Å². The van der Waals surface area contributed by atoms with E-state index in [2.05, 4.69) is 59.1 Å². The molecule has 0 spiro atoms. The number of rotatable bonds is 10. The van der Waals surface area contributed by atoms with E-state index in [1.54, 1.807) is 0 Å². The third kappa shape index (κ3) is 13.3. The van der Waals surface area contributed by atoms with Gasteiger partial charge < -0.3 is 15.4 Å². The van der Waals surface area contributed by atoms with Gasteiger partial charge in [0.25, 0.3) is 0 Å². The Labute approximate surface area is 156 Å². The second-order valence-corrected chi connectivity index (χ2v) is 10.6. The molecule has 0 aliphatic carbocycles. The number of ether oxygens (including phenoxy) is 1. The molecular formula is C21H44N2O2. The van der Waals surface area contributed by atoms with E-state index in [-0.39, 0.29) is 28.0 Å². The predicted octanol–water partition coefficient (Wildman–Crippen LogP) is 4.67. The molecule has 0 aromatic carbocycles. The standard InChI is InChI=1S/C21H44N2O2/c1-18(2,3)17(24)23-20(7,8)14-16-25-21(9,10)13-11-12-15-22-19(4,5)6/h22H,11-16H2,1-10H3,(H,23,24). The fourth-order valence-corrected chi connectivity index (χ4v) is 2.35. The van der Waals surface area contributed by atoms with Crippen LogP contribution in [0.5, 0.6) is 0 Å². The number of amides is 1. The summed E-state index contributed by atoms with van der Waals surface area (Å²) in [4.78, 5) is 12.2. The Morgan fingerprint density at radius 1 is 0.840 bits per heavy atom. The van der Waals surface area contributed by atoms with Crippen molar-refractivity contribution in [2.75, 3.05) is 13.2 Å². The minimum Gasteiger partial charge on any atom is -0.375 e. The van der Waals surface area contributed by atoms with Crippen molar-refractivity contribution in [1.82, 2.24) is 10.6 Å². The molecular weight excluding hydrogens is 312 g/mol. The van der Waals surface area contributed by atoms with Crippen LogP contribution in [0.3, 0.4) is 0 Å². The maximum Gasteiger partial charge on any atom is 0.225 e. The highest BCUT2D eigenvalue weighted by atomic mass is 16.5. The van der Waals surface area contributed by atoms with Crippen molar-refractivity contribution in [2.45, 2.75) is 112 Å². The summed E-state index contributed by atoms with van der Waals surface area (Å²) in [5, 5.41) is 6.65. The van der Waals surface area contributed by atoms with Gasteiger partial charge in [0.2, 0.25) is 5.91 Å². The summed E-state index contributed by atoms with van der Waals surface area (Å²) in [6.45, 7) is 22.5. The van der Waals surface area contributed by atoms with E-state index < -0.39 is 0 Å². The maximum atomic E-state index is 12.2. The quantitative estimate of drug-likeness (QED) is 0.559. The Morgan fingerprint density at radius 3 is 1.88 bits per heavy atom. The van der Waals surface area contributed by atoms with Crippen LogP contribution in [0.25, 0.3) is 0 Å². The number of hydrogen-bond donors (Lipinski definition) is 2. The summed E-state index contributed by atoms with van der Waals surface area (Å²) < 4.78 is 6.11. The summed E-state index contributed by atoms with van der Waals surface area (Å²) in [5.74, 6) is 0.0862. The molecule has 150 valence electrons. The lowest BCUT2D eigenvalue weighted by molar-refractivity contribution is -0.130. The lowest BCUT2D eigenvalue weighted by Gasteiger charge is -2.32. The molecule has 0 fully saturated rings. The molecule has 4 heteroatoms. The number of carbonyl (C=O) groups excluding carboxylic acids is 1. The molecule has 0 radical (unpaired) electrons. The summed E-state index contributed by atoms with van der Waals surface area (Å²) >= 11 is 0. The SMILES string of the molecule is CC(C)(C)NCCCCC(C)(C)OCCC(C)(C)NC(=O)C(C)(C)C. The number of hydrogen-bond acceptors (Lipinski definition) is 3. The molecule has 0 saturated heterocycles. The van der Waals surface area contributed by atoms with Crippen LogP contribution in [0.4, 0.5) is 0 Å². The Hall–Kier alpha value is -0.610. The van der Waals surface area contributed by atoms with Gasteiger partial charge in [0.15, 0.2) is 0 Å². The zero-order chi connectivity index (χ0) is 19.9. The first-order valence-corrected chi connectivity index (χ1v) is 9.76. The van der Waals surface area contributed by atoms with Crippen LogP contribution in [0.2, 0.25) is 0 Å². The molecule has 25 heavy (non-hydrogen) atoms. The summed E-state index contributed by atoms with van der Waals surface area (Å²) in [6, 6.07) is 0. The van der Waals surface area contributed by atoms with Crippen molar-refractivity contribution in [3.8, 4) is 0 Å². The first-order valence-electron chi connectivity index (χ1n) is 9.76. The van der Waals surface area contributed by atoms with E-state index >= 15 is 0 Å². The zero-order valence-corrected chi connectivity index (χ0v) is 18.6. The molecule has 4 nitrogen and oxygen atoms in total. The molecule has 0 heterocycles. The average Bonchev–Trinajstić information content (AvgIpc) is 2.34. The Morgan fingerprint density at radius 2 is 1.40 bits per heavy atom. The summed E-state index contributed by atoms with van der Waals surface area (Å²) in [6.07, 6.45) is 4.18. The van der Waals surface area contributed by atoms with E-state index in [0.717, 1.165) is 32.2 Å². The smallest absolute Gasteiger partial charge is 0.225 e. The topological polar surface area (TPSA) is 50.4 Å². The van der Waals surface area contributed by atoms with Gasteiger partial charge in [-0.15, -0.1) is 0 Å². The summed E-state index contributed by atoms with van der Waals surface area (Å²) in [5.41, 5.74) is -0.545. The van der Waals surface area contributed by atoms with Crippen LogP contribution in [0.15, 0.2) is 0 Å². The molecule has 2 N–H and O–H groups in total. The van der Waals surface area contributed by atoms with E-state index in [4.69, 9.17) is 4.74 Å². The molecule has 0 aromatic rings. The first-order chi connectivity index (χ1) is 11.0. The van der Waals surface area contributed by atoms with Crippen molar-refractivity contribution < 1.29 is 9.53 Å². The first kappa shape index (κ1) is 24.4. The van der Waals surface area contributed by atoms with Crippen LogP contribution in [0.1, 0.15) is 94.9 Å². The average molecular weight is 357 g/mol. The van der Waals surface area contributed by atoms with Gasteiger partial charge in [0.1, 0.15) is 0 Å². The van der Waals surface area contributed by atoms with E-state index in [0.29, 0.717) is 6.61 Å². The van der Waals surface area contributed by atoms with Crippen LogP contribution in [-0.2, 0) is 9.53 Å². The molecule has 0 atom stereocenters. The zero-order valence-electron chi connectivity index (χ0n) is 18.6. The minimum atomic E-state index is -0.363. The lowest BCUT2D eigenvalue weighted by Crippen LogP contribution is -2.49. The van der Waals surface area contributed by atoms with Gasteiger partial charge in [-0.05, 0) is 80.7 Å². The third-order valence-electron chi connectivity index (χ3n) is 4.21. The number of nitrogens with one attached hydrogen (secondary N) is 2. The van der Waals surface area contributed by atoms with Gasteiger partial charge >= 0.3 is 0 Å². The highest BCUT2D eigenvalue weighted by Gasteiger charge is 2.28. The third-order valence-corrected chi connectivity index (χ3v) is 4.21. The molecule has 0 unspecified atom stereocenters. The molecule has 1 amide bonds. The van der Waals surface area contributed by atoms with Gasteiger partial charge in [-0.2, -0.15) is 0 Å². The van der Waals surface area contributed by atoms with Crippen LogP contribution < -0.4 is 10.6 Å². The monoisotopic (exact) mass is 356 g/mol. The second kappa shape index (κ2) is 9.36. The number of carbonyl (C=O) groups is 1. The molecule has 0 aromatic heterocycles. The Balaban J connectivity index is 4.09.